The number of carbonyl (C=O) groups excluding carboxylic acids is 1. The van der Waals surface area contributed by atoms with Crippen molar-refractivity contribution < 1.29 is 13.6 Å². The summed E-state index contributed by atoms with van der Waals surface area (Å²) >= 11 is 3.37. The maximum atomic E-state index is 13.4. The third kappa shape index (κ3) is 4.27. The molecular weight excluding hydrogens is 354 g/mol. The fourth-order valence-corrected chi connectivity index (χ4v) is 2.49. The average Bonchev–Trinajstić information content (AvgIpc) is 2.45. The smallest absolute Gasteiger partial charge is 0.226 e. The molecule has 0 bridgehead atoms. The molecule has 2 aromatic carbocycles. The molecule has 22 heavy (non-hydrogen) atoms. The first kappa shape index (κ1) is 16.4. The number of amides is 1. The van der Waals surface area contributed by atoms with Gasteiger partial charge in [0, 0.05) is 17.4 Å². The van der Waals surface area contributed by atoms with Crippen LogP contribution in [0.25, 0.3) is 0 Å². The van der Waals surface area contributed by atoms with Gasteiger partial charge in [0.05, 0.1) is 5.69 Å². The first-order valence-corrected chi connectivity index (χ1v) is 7.50. The molecule has 0 fully saturated rings. The van der Waals surface area contributed by atoms with Crippen LogP contribution in [0.3, 0.4) is 0 Å². The molecule has 0 unspecified atom stereocenters. The van der Waals surface area contributed by atoms with Crippen LogP contribution in [0.15, 0.2) is 40.9 Å². The molecule has 2 rings (SSSR count). The lowest BCUT2D eigenvalue weighted by Crippen LogP contribution is -2.17. The molecule has 0 atom stereocenters. The zero-order valence-electron chi connectivity index (χ0n) is 11.9. The minimum Gasteiger partial charge on any atom is -0.380 e. The van der Waals surface area contributed by atoms with Gasteiger partial charge in [0.1, 0.15) is 17.3 Å². The molecule has 2 aromatic rings. The Morgan fingerprint density at radius 1 is 1.18 bits per heavy atom. The van der Waals surface area contributed by atoms with Crippen LogP contribution in [-0.2, 0) is 4.79 Å². The van der Waals surface area contributed by atoms with Gasteiger partial charge in [0.15, 0.2) is 0 Å². The van der Waals surface area contributed by atoms with Crippen LogP contribution >= 0.6 is 15.9 Å². The van der Waals surface area contributed by atoms with Gasteiger partial charge < -0.3 is 10.6 Å². The van der Waals surface area contributed by atoms with Crippen molar-refractivity contribution in [2.24, 2.45) is 0 Å². The van der Waals surface area contributed by atoms with Crippen LogP contribution in [0.1, 0.15) is 12.0 Å². The zero-order valence-corrected chi connectivity index (χ0v) is 13.5. The van der Waals surface area contributed by atoms with E-state index in [4.69, 9.17) is 0 Å². The van der Waals surface area contributed by atoms with Gasteiger partial charge in [-0.05, 0) is 52.7 Å². The molecular formula is C16H15BrF2N2O. The Kier molecular flexibility index (Phi) is 5.49. The van der Waals surface area contributed by atoms with Crippen molar-refractivity contribution in [2.45, 2.75) is 13.3 Å². The van der Waals surface area contributed by atoms with Crippen molar-refractivity contribution >= 4 is 33.2 Å². The predicted octanol–water partition coefficient (Wildman–Crippen LogP) is 4.48. The summed E-state index contributed by atoms with van der Waals surface area (Å²) in [5, 5.41) is 5.34. The van der Waals surface area contributed by atoms with Crippen molar-refractivity contribution in [3.63, 3.8) is 0 Å². The van der Waals surface area contributed by atoms with E-state index in [0.717, 1.165) is 22.2 Å². The number of carbonyl (C=O) groups is 1. The number of nitrogens with one attached hydrogen (secondary N) is 2. The molecule has 0 aliphatic carbocycles. The monoisotopic (exact) mass is 368 g/mol. The molecule has 0 aromatic heterocycles. The highest BCUT2D eigenvalue weighted by Crippen LogP contribution is 2.23. The summed E-state index contributed by atoms with van der Waals surface area (Å²) in [5.74, 6) is -1.60. The van der Waals surface area contributed by atoms with E-state index >= 15 is 0 Å². The van der Waals surface area contributed by atoms with Crippen LogP contribution in [0.4, 0.5) is 20.2 Å². The quantitative estimate of drug-likeness (QED) is 0.816. The highest BCUT2D eigenvalue weighted by atomic mass is 79.9. The summed E-state index contributed by atoms with van der Waals surface area (Å²) in [6.07, 6.45) is 0.0914. The van der Waals surface area contributed by atoms with Gasteiger partial charge in [0.25, 0.3) is 0 Å². The number of hydrogen-bond acceptors (Lipinski definition) is 2. The number of anilines is 2. The van der Waals surface area contributed by atoms with E-state index in [2.05, 4.69) is 26.6 Å². The van der Waals surface area contributed by atoms with Crippen molar-refractivity contribution in [1.29, 1.82) is 0 Å². The number of halogens is 3. The van der Waals surface area contributed by atoms with E-state index in [1.165, 1.54) is 6.07 Å². The van der Waals surface area contributed by atoms with E-state index in [1.807, 2.05) is 19.1 Å². The molecule has 0 radical (unpaired) electrons. The van der Waals surface area contributed by atoms with Crippen molar-refractivity contribution in [3.8, 4) is 0 Å². The van der Waals surface area contributed by atoms with Gasteiger partial charge in [-0.25, -0.2) is 8.78 Å². The Morgan fingerprint density at radius 2 is 1.86 bits per heavy atom. The third-order valence-corrected chi connectivity index (χ3v) is 3.67. The van der Waals surface area contributed by atoms with Gasteiger partial charge in [-0.1, -0.05) is 12.1 Å². The first-order chi connectivity index (χ1) is 10.5. The standard InChI is InChI=1S/C16H15BrF2N2O/c1-10-5-6-14(11(17)9-10)21-15(22)7-8-20-16-12(18)3-2-4-13(16)19/h2-6,9,20H,7-8H2,1H3,(H,21,22). The largest absolute Gasteiger partial charge is 0.380 e. The normalized spacial score (nSPS) is 10.4. The SMILES string of the molecule is Cc1ccc(NC(=O)CCNc2c(F)cccc2F)c(Br)c1. The molecule has 0 aliphatic rings. The van der Waals surface area contributed by atoms with E-state index in [0.29, 0.717) is 5.69 Å². The van der Waals surface area contributed by atoms with Gasteiger partial charge in [-0.3, -0.25) is 4.79 Å². The highest BCUT2D eigenvalue weighted by molar-refractivity contribution is 9.10. The summed E-state index contributed by atoms with van der Waals surface area (Å²) in [7, 11) is 0. The van der Waals surface area contributed by atoms with Crippen molar-refractivity contribution in [3.05, 3.63) is 58.1 Å². The van der Waals surface area contributed by atoms with Crippen LogP contribution in [0, 0.1) is 18.6 Å². The Hall–Kier alpha value is -1.95. The van der Waals surface area contributed by atoms with Gasteiger partial charge in [-0.2, -0.15) is 0 Å². The van der Waals surface area contributed by atoms with Crippen molar-refractivity contribution in [2.75, 3.05) is 17.2 Å². The Balaban J connectivity index is 1.88. The third-order valence-electron chi connectivity index (χ3n) is 3.02. The van der Waals surface area contributed by atoms with E-state index < -0.39 is 11.6 Å². The molecule has 116 valence electrons. The summed E-state index contributed by atoms with van der Waals surface area (Å²) in [6, 6.07) is 9.18. The molecule has 6 heteroatoms. The second kappa shape index (κ2) is 7.35. The molecule has 0 heterocycles. The Morgan fingerprint density at radius 3 is 2.50 bits per heavy atom. The molecule has 0 spiro atoms. The predicted molar refractivity (Wildman–Crippen MR) is 87.0 cm³/mol. The van der Waals surface area contributed by atoms with Gasteiger partial charge >= 0.3 is 0 Å². The van der Waals surface area contributed by atoms with Gasteiger partial charge in [-0.15, -0.1) is 0 Å². The average molecular weight is 369 g/mol. The lowest BCUT2D eigenvalue weighted by molar-refractivity contribution is -0.115. The maximum absolute atomic E-state index is 13.4. The number of rotatable bonds is 5. The van der Waals surface area contributed by atoms with Crippen LogP contribution in [0.2, 0.25) is 0 Å². The Bertz CT molecular complexity index is 672. The second-order valence-corrected chi connectivity index (χ2v) is 5.66. The minimum absolute atomic E-state index is 0.0914. The van der Waals surface area contributed by atoms with E-state index in [1.54, 1.807) is 6.07 Å². The van der Waals surface area contributed by atoms with Crippen LogP contribution in [-0.4, -0.2) is 12.5 Å². The fourth-order valence-electron chi connectivity index (χ4n) is 1.90. The Labute approximate surface area is 135 Å². The topological polar surface area (TPSA) is 41.1 Å². The fraction of sp³-hybridized carbons (Fsp3) is 0.188. The van der Waals surface area contributed by atoms with E-state index in [-0.39, 0.29) is 24.6 Å². The first-order valence-electron chi connectivity index (χ1n) is 6.71. The maximum Gasteiger partial charge on any atom is 0.226 e. The molecule has 2 N–H and O–H groups in total. The number of aryl methyl sites for hydroxylation is 1. The summed E-state index contributed by atoms with van der Waals surface area (Å²) in [4.78, 5) is 11.9. The second-order valence-electron chi connectivity index (χ2n) is 4.80. The molecule has 3 nitrogen and oxygen atoms in total. The molecule has 0 saturated carbocycles. The number of para-hydroxylation sites is 1. The molecule has 1 amide bonds. The lowest BCUT2D eigenvalue weighted by Gasteiger charge is -2.10. The summed E-state index contributed by atoms with van der Waals surface area (Å²) < 4.78 is 27.6. The minimum atomic E-state index is -0.679. The van der Waals surface area contributed by atoms with E-state index in [9.17, 15) is 13.6 Å². The lowest BCUT2D eigenvalue weighted by atomic mass is 10.2. The molecule has 0 saturated heterocycles. The van der Waals surface area contributed by atoms with Crippen LogP contribution in [0.5, 0.6) is 0 Å². The van der Waals surface area contributed by atoms with Gasteiger partial charge in [0.2, 0.25) is 5.91 Å². The van der Waals surface area contributed by atoms with Crippen LogP contribution < -0.4 is 10.6 Å². The van der Waals surface area contributed by atoms with Crippen molar-refractivity contribution in [1.82, 2.24) is 0 Å². The highest BCUT2D eigenvalue weighted by Gasteiger charge is 2.09. The summed E-state index contributed by atoms with van der Waals surface area (Å²) in [6.45, 7) is 2.08. The number of benzene rings is 2. The molecule has 0 aliphatic heterocycles. The summed E-state index contributed by atoms with van der Waals surface area (Å²) in [5.41, 5.74) is 1.51. The number of hydrogen-bond donors (Lipinski definition) is 2. The zero-order chi connectivity index (χ0) is 16.1.